The number of amides is 3. The molecule has 112 valence electrons. The van der Waals surface area contributed by atoms with Gasteiger partial charge < -0.3 is 25.4 Å². The molecular weight excluding hydrogens is 278 g/mol. The van der Waals surface area contributed by atoms with E-state index in [9.17, 15) is 14.4 Å². The summed E-state index contributed by atoms with van der Waals surface area (Å²) in [6, 6.07) is 3.81. The first-order valence-corrected chi connectivity index (χ1v) is 6.25. The third kappa shape index (κ3) is 3.41. The largest absolute Gasteiger partial charge is 0.496 e. The average molecular weight is 293 g/mol. The molecule has 1 aromatic carbocycles. The van der Waals surface area contributed by atoms with Crippen LogP contribution >= 0.6 is 0 Å². The van der Waals surface area contributed by atoms with Gasteiger partial charge in [-0.3, -0.25) is 4.79 Å². The number of carbonyl (C=O) groups is 3. The Labute approximate surface area is 120 Å². The van der Waals surface area contributed by atoms with Gasteiger partial charge in [0.25, 0.3) is 0 Å². The summed E-state index contributed by atoms with van der Waals surface area (Å²) in [5.41, 5.74) is 0.403. The number of carboxylic acid groups (broad SMARTS) is 1. The molecule has 8 nitrogen and oxygen atoms in total. The number of piperazine rings is 1. The molecule has 1 aliphatic heterocycles. The summed E-state index contributed by atoms with van der Waals surface area (Å²) in [6.07, 6.45) is 0. The maximum absolute atomic E-state index is 12.0. The number of anilines is 1. The number of methoxy groups -OCH3 is 1. The van der Waals surface area contributed by atoms with Gasteiger partial charge in [-0.05, 0) is 12.1 Å². The summed E-state index contributed by atoms with van der Waals surface area (Å²) >= 11 is 0. The molecule has 8 heteroatoms. The molecule has 1 saturated heterocycles. The predicted molar refractivity (Wildman–Crippen MR) is 73.6 cm³/mol. The van der Waals surface area contributed by atoms with E-state index in [1.807, 2.05) is 0 Å². The van der Waals surface area contributed by atoms with Crippen LogP contribution in [-0.4, -0.2) is 54.7 Å². The zero-order valence-corrected chi connectivity index (χ0v) is 11.4. The second-order valence-corrected chi connectivity index (χ2v) is 4.42. The molecule has 0 bridgehead atoms. The number of carbonyl (C=O) groups excluding carboxylic acids is 2. The van der Waals surface area contributed by atoms with Crippen molar-refractivity contribution in [3.8, 4) is 5.75 Å². The van der Waals surface area contributed by atoms with Crippen LogP contribution < -0.4 is 15.4 Å². The van der Waals surface area contributed by atoms with E-state index in [0.29, 0.717) is 18.8 Å². The van der Waals surface area contributed by atoms with Gasteiger partial charge in [0.05, 0.1) is 7.11 Å². The van der Waals surface area contributed by atoms with E-state index in [1.54, 1.807) is 0 Å². The number of carboxylic acids is 1. The van der Waals surface area contributed by atoms with Crippen molar-refractivity contribution in [3.63, 3.8) is 0 Å². The van der Waals surface area contributed by atoms with Crippen LogP contribution in [0.15, 0.2) is 18.2 Å². The average Bonchev–Trinajstić information content (AvgIpc) is 2.46. The lowest BCUT2D eigenvalue weighted by molar-refractivity contribution is -0.123. The Balaban J connectivity index is 2.10. The van der Waals surface area contributed by atoms with Crippen molar-refractivity contribution < 1.29 is 24.2 Å². The molecule has 0 aromatic heterocycles. The SMILES string of the molecule is COc1cc(NC(=O)N2CCNC(=O)C2)ccc1C(=O)O. The Kier molecular flexibility index (Phi) is 4.27. The van der Waals surface area contributed by atoms with Gasteiger partial charge in [-0.15, -0.1) is 0 Å². The third-order valence-electron chi connectivity index (χ3n) is 3.01. The molecule has 21 heavy (non-hydrogen) atoms. The number of rotatable bonds is 3. The van der Waals surface area contributed by atoms with E-state index in [0.717, 1.165) is 0 Å². The van der Waals surface area contributed by atoms with Crippen LogP contribution in [0.25, 0.3) is 0 Å². The van der Waals surface area contributed by atoms with Crippen molar-refractivity contribution in [2.24, 2.45) is 0 Å². The van der Waals surface area contributed by atoms with Gasteiger partial charge in [0.2, 0.25) is 5.91 Å². The van der Waals surface area contributed by atoms with Gasteiger partial charge >= 0.3 is 12.0 Å². The number of nitrogens with one attached hydrogen (secondary N) is 2. The number of nitrogens with zero attached hydrogens (tertiary/aromatic N) is 1. The fourth-order valence-electron chi connectivity index (χ4n) is 1.96. The van der Waals surface area contributed by atoms with Gasteiger partial charge in [0.1, 0.15) is 17.9 Å². The first-order chi connectivity index (χ1) is 10.0. The standard InChI is InChI=1S/C13H15N3O5/c1-21-10-6-8(2-3-9(10)12(18)19)15-13(20)16-5-4-14-11(17)7-16/h2-3,6H,4-5,7H2,1H3,(H,14,17)(H,15,20)(H,18,19). The third-order valence-corrected chi connectivity index (χ3v) is 3.01. The molecular formula is C13H15N3O5. The summed E-state index contributed by atoms with van der Waals surface area (Å²) in [4.78, 5) is 35.6. The van der Waals surface area contributed by atoms with Gasteiger partial charge in [-0.2, -0.15) is 0 Å². The highest BCUT2D eigenvalue weighted by atomic mass is 16.5. The quantitative estimate of drug-likeness (QED) is 0.745. The lowest BCUT2D eigenvalue weighted by Gasteiger charge is -2.26. The molecule has 0 spiro atoms. The van der Waals surface area contributed by atoms with E-state index < -0.39 is 12.0 Å². The molecule has 1 aliphatic rings. The molecule has 0 unspecified atom stereocenters. The van der Waals surface area contributed by atoms with Crippen LogP contribution in [-0.2, 0) is 4.79 Å². The molecule has 2 rings (SSSR count). The first-order valence-electron chi connectivity index (χ1n) is 6.25. The second kappa shape index (κ2) is 6.12. The molecule has 0 radical (unpaired) electrons. The van der Waals surface area contributed by atoms with Gasteiger partial charge in [0, 0.05) is 24.8 Å². The zero-order chi connectivity index (χ0) is 15.4. The summed E-state index contributed by atoms with van der Waals surface area (Å²) in [6.45, 7) is 0.825. The Morgan fingerprint density at radius 2 is 2.19 bits per heavy atom. The predicted octanol–water partition coefficient (Wildman–Crippen LogP) is 0.357. The number of ether oxygens (including phenoxy) is 1. The summed E-state index contributed by atoms with van der Waals surface area (Å²) < 4.78 is 4.98. The van der Waals surface area contributed by atoms with Gasteiger partial charge in [-0.1, -0.05) is 0 Å². The minimum Gasteiger partial charge on any atom is -0.496 e. The number of aromatic carboxylic acids is 1. The molecule has 1 aromatic rings. The Morgan fingerprint density at radius 3 is 2.81 bits per heavy atom. The van der Waals surface area contributed by atoms with Gasteiger partial charge in [-0.25, -0.2) is 9.59 Å². The van der Waals surface area contributed by atoms with E-state index in [-0.39, 0.29) is 23.8 Å². The number of benzene rings is 1. The van der Waals surface area contributed by atoms with Crippen LogP contribution in [0.2, 0.25) is 0 Å². The maximum atomic E-state index is 12.0. The highest BCUT2D eigenvalue weighted by molar-refractivity contribution is 5.95. The van der Waals surface area contributed by atoms with Crippen LogP contribution in [0.4, 0.5) is 10.5 Å². The monoisotopic (exact) mass is 293 g/mol. The van der Waals surface area contributed by atoms with Crippen molar-refractivity contribution in [2.45, 2.75) is 0 Å². The molecule has 1 fully saturated rings. The fourth-order valence-corrected chi connectivity index (χ4v) is 1.96. The van der Waals surface area contributed by atoms with Crippen LogP contribution in [0.3, 0.4) is 0 Å². The lowest BCUT2D eigenvalue weighted by atomic mass is 10.2. The van der Waals surface area contributed by atoms with Crippen molar-refractivity contribution >= 4 is 23.6 Å². The molecule has 3 amide bonds. The molecule has 1 heterocycles. The highest BCUT2D eigenvalue weighted by Crippen LogP contribution is 2.23. The number of urea groups is 1. The molecule has 0 atom stereocenters. The molecule has 0 aliphatic carbocycles. The van der Waals surface area contributed by atoms with E-state index in [4.69, 9.17) is 9.84 Å². The van der Waals surface area contributed by atoms with E-state index >= 15 is 0 Å². The Morgan fingerprint density at radius 1 is 1.43 bits per heavy atom. The van der Waals surface area contributed by atoms with Crippen molar-refractivity contribution in [1.29, 1.82) is 0 Å². The minimum atomic E-state index is -1.11. The summed E-state index contributed by atoms with van der Waals surface area (Å²) in [7, 11) is 1.35. The van der Waals surface area contributed by atoms with Crippen LogP contribution in [0.5, 0.6) is 5.75 Å². The second-order valence-electron chi connectivity index (χ2n) is 4.42. The molecule has 3 N–H and O–H groups in total. The van der Waals surface area contributed by atoms with Gasteiger partial charge in [0.15, 0.2) is 0 Å². The number of hydrogen-bond donors (Lipinski definition) is 3. The highest BCUT2D eigenvalue weighted by Gasteiger charge is 2.21. The minimum absolute atomic E-state index is 0.00379. The topological polar surface area (TPSA) is 108 Å². The lowest BCUT2D eigenvalue weighted by Crippen LogP contribution is -2.51. The zero-order valence-electron chi connectivity index (χ0n) is 11.4. The molecule has 0 saturated carbocycles. The van der Waals surface area contributed by atoms with Crippen LogP contribution in [0.1, 0.15) is 10.4 Å². The summed E-state index contributed by atoms with van der Waals surface area (Å²) in [5.74, 6) is -1.18. The maximum Gasteiger partial charge on any atom is 0.339 e. The smallest absolute Gasteiger partial charge is 0.339 e. The van der Waals surface area contributed by atoms with Crippen LogP contribution in [0, 0.1) is 0 Å². The van der Waals surface area contributed by atoms with E-state index in [1.165, 1.54) is 30.2 Å². The van der Waals surface area contributed by atoms with E-state index in [2.05, 4.69) is 10.6 Å². The van der Waals surface area contributed by atoms with Crippen molar-refractivity contribution in [1.82, 2.24) is 10.2 Å². The Bertz CT molecular complexity index is 587. The van der Waals surface area contributed by atoms with Crippen molar-refractivity contribution in [2.75, 3.05) is 32.1 Å². The normalized spacial score (nSPS) is 14.3. The van der Waals surface area contributed by atoms with Crippen molar-refractivity contribution in [3.05, 3.63) is 23.8 Å². The summed E-state index contributed by atoms with van der Waals surface area (Å²) in [5, 5.41) is 14.2. The number of hydrogen-bond acceptors (Lipinski definition) is 4. The fraction of sp³-hybridized carbons (Fsp3) is 0.308. The Hall–Kier alpha value is -2.77. The first kappa shape index (κ1) is 14.6.